The third-order valence-electron chi connectivity index (χ3n) is 3.12. The fraction of sp³-hybridized carbons (Fsp3) is 0.118. The Hall–Kier alpha value is -2.91. The normalized spacial score (nSPS) is 9.88. The number of halogens is 2. The monoisotopic (exact) mass is 345 g/mol. The minimum Gasteiger partial charge on any atom is -0.348 e. The second-order valence-corrected chi connectivity index (χ2v) is 5.27. The lowest BCUT2D eigenvalue weighted by Gasteiger charge is -2.09. The van der Waals surface area contributed by atoms with Crippen LogP contribution in [-0.4, -0.2) is 11.8 Å². The zero-order valence-electron chi connectivity index (χ0n) is 12.5. The molecule has 0 bridgehead atoms. The Morgan fingerprint density at radius 3 is 2.50 bits per heavy atom. The molecule has 0 aliphatic rings. The predicted octanol–water partition coefficient (Wildman–Crippen LogP) is 3.26. The van der Waals surface area contributed by atoms with Gasteiger partial charge in [-0.3, -0.25) is 9.59 Å². The van der Waals surface area contributed by atoms with Crippen LogP contribution in [0.1, 0.15) is 22.3 Å². The molecule has 0 fully saturated rings. The molecule has 2 aromatic carbocycles. The van der Waals surface area contributed by atoms with Crippen molar-refractivity contribution < 1.29 is 14.0 Å². The van der Waals surface area contributed by atoms with E-state index in [1.165, 1.54) is 18.2 Å². The molecule has 122 valence electrons. The summed E-state index contributed by atoms with van der Waals surface area (Å²) >= 11 is 5.84. The molecule has 0 spiro atoms. The van der Waals surface area contributed by atoms with Crippen LogP contribution in [0, 0.1) is 17.1 Å². The molecule has 0 radical (unpaired) electrons. The van der Waals surface area contributed by atoms with E-state index in [-0.39, 0.29) is 23.6 Å². The lowest BCUT2D eigenvalue weighted by atomic mass is 10.1. The average Bonchev–Trinajstić information content (AvgIpc) is 2.54. The van der Waals surface area contributed by atoms with Crippen LogP contribution in [-0.2, 0) is 11.3 Å². The zero-order chi connectivity index (χ0) is 17.5. The fourth-order valence-corrected chi connectivity index (χ4v) is 2.22. The highest BCUT2D eigenvalue weighted by molar-refractivity contribution is 6.33. The van der Waals surface area contributed by atoms with Crippen molar-refractivity contribution in [3.05, 3.63) is 64.4 Å². The van der Waals surface area contributed by atoms with Gasteiger partial charge in [0.15, 0.2) is 0 Å². The van der Waals surface area contributed by atoms with Crippen LogP contribution >= 0.6 is 11.6 Å². The van der Waals surface area contributed by atoms with Crippen molar-refractivity contribution in [1.29, 1.82) is 5.26 Å². The van der Waals surface area contributed by atoms with Gasteiger partial charge < -0.3 is 10.6 Å². The van der Waals surface area contributed by atoms with E-state index >= 15 is 0 Å². The highest BCUT2D eigenvalue weighted by atomic mass is 35.5. The third-order valence-corrected chi connectivity index (χ3v) is 3.44. The zero-order valence-corrected chi connectivity index (χ0v) is 13.2. The molecule has 2 amide bonds. The first-order valence-electron chi connectivity index (χ1n) is 6.99. The van der Waals surface area contributed by atoms with Gasteiger partial charge in [-0.1, -0.05) is 29.8 Å². The van der Waals surface area contributed by atoms with Crippen LogP contribution in [0.5, 0.6) is 0 Å². The molecular formula is C17H13ClFN3O2. The molecule has 7 heteroatoms. The Kier molecular flexibility index (Phi) is 5.88. The lowest BCUT2D eigenvalue weighted by molar-refractivity contribution is -0.115. The Morgan fingerprint density at radius 2 is 1.88 bits per heavy atom. The maximum Gasteiger partial charge on any atom is 0.256 e. The maximum atomic E-state index is 13.7. The van der Waals surface area contributed by atoms with Crippen LogP contribution < -0.4 is 10.6 Å². The van der Waals surface area contributed by atoms with Gasteiger partial charge in [-0.25, -0.2) is 4.39 Å². The van der Waals surface area contributed by atoms with E-state index in [9.17, 15) is 14.0 Å². The summed E-state index contributed by atoms with van der Waals surface area (Å²) in [6, 6.07) is 12.5. The first-order chi connectivity index (χ1) is 11.5. The van der Waals surface area contributed by atoms with Crippen LogP contribution in [0.15, 0.2) is 42.5 Å². The lowest BCUT2D eigenvalue weighted by Crippen LogP contribution is -2.24. The van der Waals surface area contributed by atoms with Gasteiger partial charge in [-0.15, -0.1) is 0 Å². The molecule has 24 heavy (non-hydrogen) atoms. The number of carbonyl (C=O) groups excluding carboxylic acids is 2. The molecule has 0 saturated carbocycles. The Bertz CT molecular complexity index is 780. The second-order valence-electron chi connectivity index (χ2n) is 4.86. The summed E-state index contributed by atoms with van der Waals surface area (Å²) in [5.41, 5.74) is 1.11. The number of benzene rings is 2. The van der Waals surface area contributed by atoms with Crippen LogP contribution in [0.4, 0.5) is 10.1 Å². The number of carbonyl (C=O) groups is 2. The number of anilines is 1. The molecule has 2 rings (SSSR count). The molecule has 2 aromatic rings. The molecule has 0 unspecified atom stereocenters. The van der Waals surface area contributed by atoms with E-state index in [2.05, 4.69) is 10.6 Å². The molecule has 0 saturated heterocycles. The van der Waals surface area contributed by atoms with E-state index in [4.69, 9.17) is 16.9 Å². The van der Waals surface area contributed by atoms with E-state index < -0.39 is 17.6 Å². The number of nitrogens with one attached hydrogen (secondary N) is 2. The Labute approximate surface area is 143 Å². The number of nitrogens with zero attached hydrogens (tertiary/aromatic N) is 1. The van der Waals surface area contributed by atoms with Gasteiger partial charge in [0, 0.05) is 12.2 Å². The number of hydrogen-bond donors (Lipinski definition) is 2. The summed E-state index contributed by atoms with van der Waals surface area (Å²) < 4.78 is 13.7. The highest BCUT2D eigenvalue weighted by Gasteiger charge is 2.15. The second kappa shape index (κ2) is 8.09. The molecule has 5 nitrogen and oxygen atoms in total. The van der Waals surface area contributed by atoms with Crippen molar-refractivity contribution in [2.24, 2.45) is 0 Å². The standard InChI is InChI=1S/C17H13ClFN3O2/c18-13-2-1-3-14(19)16(13)17(24)21-10-11-4-6-12(7-5-11)22-15(23)8-9-20/h1-7H,8,10H2,(H,21,24)(H,22,23). The van der Waals surface area contributed by atoms with Crippen molar-refractivity contribution in [2.75, 3.05) is 5.32 Å². The molecule has 0 atom stereocenters. The van der Waals surface area contributed by atoms with E-state index in [1.54, 1.807) is 30.3 Å². The summed E-state index contributed by atoms with van der Waals surface area (Å²) in [5.74, 6) is -1.69. The van der Waals surface area contributed by atoms with Gasteiger partial charge in [0.1, 0.15) is 12.2 Å². The van der Waals surface area contributed by atoms with Crippen LogP contribution in [0.2, 0.25) is 5.02 Å². The number of hydrogen-bond acceptors (Lipinski definition) is 3. The molecule has 0 heterocycles. The summed E-state index contributed by atoms with van der Waals surface area (Å²) in [5, 5.41) is 13.6. The van der Waals surface area contributed by atoms with Gasteiger partial charge in [-0.2, -0.15) is 5.26 Å². The van der Waals surface area contributed by atoms with Crippen LogP contribution in [0.3, 0.4) is 0 Å². The quantitative estimate of drug-likeness (QED) is 0.872. The largest absolute Gasteiger partial charge is 0.348 e. The van der Waals surface area contributed by atoms with Crippen molar-refractivity contribution in [2.45, 2.75) is 13.0 Å². The van der Waals surface area contributed by atoms with Gasteiger partial charge in [0.05, 0.1) is 16.7 Å². The van der Waals surface area contributed by atoms with Gasteiger partial charge in [0.2, 0.25) is 5.91 Å². The molecule has 0 aliphatic heterocycles. The summed E-state index contributed by atoms with van der Waals surface area (Å²) in [7, 11) is 0. The number of nitriles is 1. The van der Waals surface area contributed by atoms with Crippen molar-refractivity contribution in [3.63, 3.8) is 0 Å². The molecule has 2 N–H and O–H groups in total. The average molecular weight is 346 g/mol. The van der Waals surface area contributed by atoms with Crippen molar-refractivity contribution in [1.82, 2.24) is 5.32 Å². The highest BCUT2D eigenvalue weighted by Crippen LogP contribution is 2.19. The minimum absolute atomic E-state index is 0.0445. The summed E-state index contributed by atoms with van der Waals surface area (Å²) in [6.45, 7) is 0.177. The number of amides is 2. The maximum absolute atomic E-state index is 13.7. The van der Waals surface area contributed by atoms with E-state index in [0.29, 0.717) is 5.69 Å². The first-order valence-corrected chi connectivity index (χ1v) is 7.37. The summed E-state index contributed by atoms with van der Waals surface area (Å²) in [4.78, 5) is 23.3. The van der Waals surface area contributed by atoms with Gasteiger partial charge in [0.25, 0.3) is 5.91 Å². The van der Waals surface area contributed by atoms with E-state index in [0.717, 1.165) is 5.56 Å². The van der Waals surface area contributed by atoms with Crippen LogP contribution in [0.25, 0.3) is 0 Å². The fourth-order valence-electron chi connectivity index (χ4n) is 1.97. The molecular weight excluding hydrogens is 333 g/mol. The first kappa shape index (κ1) is 17.4. The van der Waals surface area contributed by atoms with Gasteiger partial charge >= 0.3 is 0 Å². The Balaban J connectivity index is 1.96. The van der Waals surface area contributed by atoms with Crippen molar-refractivity contribution >= 4 is 29.1 Å². The summed E-state index contributed by atoms with van der Waals surface area (Å²) in [6.07, 6.45) is -0.221. The molecule has 0 aromatic heterocycles. The third kappa shape index (κ3) is 4.54. The van der Waals surface area contributed by atoms with E-state index in [1.807, 2.05) is 0 Å². The predicted molar refractivity (Wildman–Crippen MR) is 87.9 cm³/mol. The topological polar surface area (TPSA) is 82.0 Å². The SMILES string of the molecule is N#CCC(=O)Nc1ccc(CNC(=O)c2c(F)cccc2Cl)cc1. The van der Waals surface area contributed by atoms with Gasteiger partial charge in [-0.05, 0) is 29.8 Å². The smallest absolute Gasteiger partial charge is 0.256 e. The Morgan fingerprint density at radius 1 is 1.17 bits per heavy atom. The molecule has 0 aliphatic carbocycles. The van der Waals surface area contributed by atoms with Crippen molar-refractivity contribution in [3.8, 4) is 6.07 Å². The number of rotatable bonds is 5. The minimum atomic E-state index is -0.685.